The van der Waals surface area contributed by atoms with Crippen LogP contribution < -0.4 is 0 Å². The molecule has 1 heteroatoms. The summed E-state index contributed by atoms with van der Waals surface area (Å²) in [5, 5.41) is 0. The second-order valence-corrected chi connectivity index (χ2v) is 5.03. The zero-order valence-electron chi connectivity index (χ0n) is 11.2. The minimum Gasteiger partial charge on any atom is -0.370 e. The molecule has 0 bridgehead atoms. The van der Waals surface area contributed by atoms with E-state index in [0.29, 0.717) is 6.61 Å². The molecule has 0 aromatic heterocycles. The molecule has 0 N–H and O–H groups in total. The molecule has 0 fully saturated rings. The summed E-state index contributed by atoms with van der Waals surface area (Å²) in [4.78, 5) is 0. The van der Waals surface area contributed by atoms with Gasteiger partial charge in [0.05, 0.1) is 12.7 Å². The van der Waals surface area contributed by atoms with Crippen molar-refractivity contribution in [2.45, 2.75) is 26.1 Å². The molecule has 0 saturated carbocycles. The molecular formula is C18H18O. The maximum absolute atomic E-state index is 5.78. The van der Waals surface area contributed by atoms with Crippen LogP contribution in [0.5, 0.6) is 0 Å². The fourth-order valence-electron chi connectivity index (χ4n) is 2.65. The van der Waals surface area contributed by atoms with Gasteiger partial charge in [0.2, 0.25) is 0 Å². The Bertz CT molecular complexity index is 613. The molecule has 0 aliphatic heterocycles. The zero-order valence-corrected chi connectivity index (χ0v) is 11.2. The van der Waals surface area contributed by atoms with Gasteiger partial charge in [0, 0.05) is 0 Å². The predicted molar refractivity (Wildman–Crippen MR) is 79.1 cm³/mol. The fraction of sp³-hybridized carbons (Fsp3) is 0.222. The lowest BCUT2D eigenvalue weighted by molar-refractivity contribution is 0.0839. The van der Waals surface area contributed by atoms with Crippen LogP contribution in [0.1, 0.15) is 23.6 Å². The molecule has 2 aromatic rings. The summed E-state index contributed by atoms with van der Waals surface area (Å²) in [5.74, 6) is 0. The number of hydrogen-bond donors (Lipinski definition) is 0. The Hall–Kier alpha value is -1.86. The molecule has 0 spiro atoms. The van der Waals surface area contributed by atoms with Crippen LogP contribution in [0.4, 0.5) is 0 Å². The summed E-state index contributed by atoms with van der Waals surface area (Å²) in [6.07, 6.45) is 2.95. The topological polar surface area (TPSA) is 9.23 Å². The van der Waals surface area contributed by atoms with Gasteiger partial charge in [0.25, 0.3) is 0 Å². The SMILES string of the molecule is C=C[C@@H](C)OCc1cccc2c1Cc1ccccc1-2. The Balaban J connectivity index is 1.92. The van der Waals surface area contributed by atoms with Crippen molar-refractivity contribution < 1.29 is 4.74 Å². The number of benzene rings is 2. The van der Waals surface area contributed by atoms with Gasteiger partial charge in [-0.05, 0) is 41.2 Å². The minimum absolute atomic E-state index is 0.0969. The van der Waals surface area contributed by atoms with Gasteiger partial charge in [0.1, 0.15) is 0 Å². The largest absolute Gasteiger partial charge is 0.370 e. The van der Waals surface area contributed by atoms with Crippen LogP contribution in [-0.2, 0) is 17.8 Å². The molecule has 1 aliphatic rings. The van der Waals surface area contributed by atoms with Crippen molar-refractivity contribution in [2.24, 2.45) is 0 Å². The summed E-state index contributed by atoms with van der Waals surface area (Å²) in [5.41, 5.74) is 6.86. The Labute approximate surface area is 114 Å². The maximum atomic E-state index is 5.78. The quantitative estimate of drug-likeness (QED) is 0.625. The van der Waals surface area contributed by atoms with Crippen molar-refractivity contribution >= 4 is 0 Å². The lowest BCUT2D eigenvalue weighted by Crippen LogP contribution is -2.05. The van der Waals surface area contributed by atoms with Gasteiger partial charge >= 0.3 is 0 Å². The molecule has 0 heterocycles. The summed E-state index contributed by atoms with van der Waals surface area (Å²) in [6.45, 7) is 6.43. The first kappa shape index (κ1) is 12.2. The summed E-state index contributed by atoms with van der Waals surface area (Å²) in [7, 11) is 0. The second kappa shape index (κ2) is 5.02. The Kier molecular flexibility index (Phi) is 3.22. The van der Waals surface area contributed by atoms with Gasteiger partial charge in [-0.15, -0.1) is 6.58 Å². The molecule has 96 valence electrons. The van der Waals surface area contributed by atoms with Crippen molar-refractivity contribution in [1.82, 2.24) is 0 Å². The average Bonchev–Trinajstić information content (AvgIpc) is 2.84. The third-order valence-electron chi connectivity index (χ3n) is 3.78. The number of rotatable bonds is 4. The molecule has 1 atom stereocenters. The van der Waals surface area contributed by atoms with E-state index >= 15 is 0 Å². The van der Waals surface area contributed by atoms with Crippen molar-refractivity contribution in [3.05, 3.63) is 71.8 Å². The molecule has 0 unspecified atom stereocenters. The first-order valence-corrected chi connectivity index (χ1v) is 6.73. The van der Waals surface area contributed by atoms with Crippen LogP contribution in [0.15, 0.2) is 55.1 Å². The summed E-state index contributed by atoms with van der Waals surface area (Å²) < 4.78 is 5.78. The molecule has 0 saturated heterocycles. The Morgan fingerprint density at radius 2 is 1.95 bits per heavy atom. The molecule has 0 radical (unpaired) electrons. The van der Waals surface area contributed by atoms with Crippen LogP contribution >= 0.6 is 0 Å². The maximum Gasteiger partial charge on any atom is 0.0729 e. The molecule has 2 aromatic carbocycles. The average molecular weight is 250 g/mol. The molecule has 19 heavy (non-hydrogen) atoms. The summed E-state index contributed by atoms with van der Waals surface area (Å²) >= 11 is 0. The van der Waals surface area contributed by atoms with E-state index in [-0.39, 0.29) is 6.10 Å². The van der Waals surface area contributed by atoms with Crippen molar-refractivity contribution in [1.29, 1.82) is 0 Å². The van der Waals surface area contributed by atoms with Crippen LogP contribution in [0.3, 0.4) is 0 Å². The first-order valence-electron chi connectivity index (χ1n) is 6.73. The number of hydrogen-bond acceptors (Lipinski definition) is 1. The van der Waals surface area contributed by atoms with E-state index in [1.165, 1.54) is 27.8 Å². The third-order valence-corrected chi connectivity index (χ3v) is 3.78. The molecule has 0 amide bonds. The Morgan fingerprint density at radius 3 is 2.79 bits per heavy atom. The fourth-order valence-corrected chi connectivity index (χ4v) is 2.65. The van der Waals surface area contributed by atoms with Gasteiger partial charge in [-0.2, -0.15) is 0 Å². The number of fused-ring (bicyclic) bond motifs is 3. The van der Waals surface area contributed by atoms with Gasteiger partial charge in [-0.3, -0.25) is 0 Å². The second-order valence-electron chi connectivity index (χ2n) is 5.03. The highest BCUT2D eigenvalue weighted by Crippen LogP contribution is 2.38. The standard InChI is InChI=1S/C18H18O/c1-3-13(2)19-12-15-8-6-10-17-16-9-5-4-7-14(16)11-18(15)17/h3-10,13H,1,11-12H2,2H3/t13-/m1/s1. The summed E-state index contributed by atoms with van der Waals surface area (Å²) in [6, 6.07) is 15.1. The van der Waals surface area contributed by atoms with Crippen LogP contribution in [0.25, 0.3) is 11.1 Å². The first-order chi connectivity index (χ1) is 9.29. The molecule has 1 aliphatic carbocycles. The normalized spacial score (nSPS) is 13.7. The van der Waals surface area contributed by atoms with E-state index in [1.54, 1.807) is 0 Å². The Morgan fingerprint density at radius 1 is 1.16 bits per heavy atom. The van der Waals surface area contributed by atoms with E-state index in [0.717, 1.165) is 6.42 Å². The van der Waals surface area contributed by atoms with Gasteiger partial charge in [-0.1, -0.05) is 48.5 Å². The highest BCUT2D eigenvalue weighted by molar-refractivity contribution is 5.77. The third kappa shape index (κ3) is 2.22. The van der Waals surface area contributed by atoms with E-state index in [4.69, 9.17) is 4.74 Å². The zero-order chi connectivity index (χ0) is 13.2. The van der Waals surface area contributed by atoms with E-state index in [1.807, 2.05) is 13.0 Å². The van der Waals surface area contributed by atoms with Crippen molar-refractivity contribution in [3.8, 4) is 11.1 Å². The molecular weight excluding hydrogens is 232 g/mol. The van der Waals surface area contributed by atoms with E-state index < -0.39 is 0 Å². The number of ether oxygens (including phenoxy) is 1. The minimum atomic E-state index is 0.0969. The van der Waals surface area contributed by atoms with Crippen molar-refractivity contribution in [3.63, 3.8) is 0 Å². The van der Waals surface area contributed by atoms with E-state index in [9.17, 15) is 0 Å². The van der Waals surface area contributed by atoms with Crippen LogP contribution in [0.2, 0.25) is 0 Å². The van der Waals surface area contributed by atoms with Gasteiger partial charge in [0.15, 0.2) is 0 Å². The molecule has 1 nitrogen and oxygen atoms in total. The monoisotopic (exact) mass is 250 g/mol. The van der Waals surface area contributed by atoms with Gasteiger partial charge in [-0.25, -0.2) is 0 Å². The van der Waals surface area contributed by atoms with Crippen LogP contribution in [0, 0.1) is 0 Å². The highest BCUT2D eigenvalue weighted by atomic mass is 16.5. The van der Waals surface area contributed by atoms with Gasteiger partial charge < -0.3 is 4.74 Å². The highest BCUT2D eigenvalue weighted by Gasteiger charge is 2.20. The predicted octanol–water partition coefficient (Wildman–Crippen LogP) is 4.35. The van der Waals surface area contributed by atoms with E-state index in [2.05, 4.69) is 49.0 Å². The lowest BCUT2D eigenvalue weighted by atomic mass is 10.0. The van der Waals surface area contributed by atoms with Crippen LogP contribution in [-0.4, -0.2) is 6.10 Å². The molecule has 3 rings (SSSR count). The van der Waals surface area contributed by atoms with Crippen molar-refractivity contribution in [2.75, 3.05) is 0 Å². The lowest BCUT2D eigenvalue weighted by Gasteiger charge is -2.12. The smallest absolute Gasteiger partial charge is 0.0729 e.